The van der Waals surface area contributed by atoms with Gasteiger partial charge in [0, 0.05) is 6.04 Å². The van der Waals surface area contributed by atoms with Gasteiger partial charge >= 0.3 is 6.18 Å². The fourth-order valence-corrected chi connectivity index (χ4v) is 1.92. The van der Waals surface area contributed by atoms with Crippen LogP contribution in [-0.4, -0.2) is 0 Å². The van der Waals surface area contributed by atoms with E-state index >= 15 is 0 Å². The first-order chi connectivity index (χ1) is 7.39. The van der Waals surface area contributed by atoms with E-state index in [4.69, 9.17) is 17.3 Å². The van der Waals surface area contributed by atoms with Crippen LogP contribution in [0.25, 0.3) is 0 Å². The molecule has 0 saturated heterocycles. The van der Waals surface area contributed by atoms with Crippen molar-refractivity contribution in [2.45, 2.75) is 25.1 Å². The molecule has 1 aliphatic rings. The zero-order valence-electron chi connectivity index (χ0n) is 8.39. The van der Waals surface area contributed by atoms with Gasteiger partial charge in [0.25, 0.3) is 0 Å². The van der Waals surface area contributed by atoms with Gasteiger partial charge in [-0.05, 0) is 36.5 Å². The Hall–Kier alpha value is -0.740. The second kappa shape index (κ2) is 3.93. The third-order valence-electron chi connectivity index (χ3n) is 2.81. The lowest BCUT2D eigenvalue weighted by Gasteiger charge is -2.15. The predicted octanol–water partition coefficient (Wildman–Crippen LogP) is 3.77. The molecular formula is C11H11ClF3N. The average molecular weight is 250 g/mol. The molecule has 2 rings (SSSR count). The van der Waals surface area contributed by atoms with Crippen molar-refractivity contribution in [3.05, 3.63) is 34.3 Å². The second-order valence-corrected chi connectivity index (χ2v) is 4.51. The molecule has 1 atom stereocenters. The lowest BCUT2D eigenvalue weighted by atomic mass is 10.0. The van der Waals surface area contributed by atoms with E-state index in [1.165, 1.54) is 6.07 Å². The molecule has 16 heavy (non-hydrogen) atoms. The highest BCUT2D eigenvalue weighted by Gasteiger charge is 2.35. The number of halogens is 4. The van der Waals surface area contributed by atoms with Crippen LogP contribution in [0.15, 0.2) is 18.2 Å². The number of alkyl halides is 3. The van der Waals surface area contributed by atoms with Crippen molar-refractivity contribution < 1.29 is 13.2 Å². The Morgan fingerprint density at radius 2 is 1.94 bits per heavy atom. The zero-order chi connectivity index (χ0) is 11.9. The third kappa shape index (κ3) is 2.33. The molecule has 0 amide bonds. The molecule has 0 radical (unpaired) electrons. The molecule has 1 saturated carbocycles. The molecule has 1 aromatic rings. The van der Waals surface area contributed by atoms with E-state index in [1.54, 1.807) is 6.07 Å². The first-order valence-corrected chi connectivity index (χ1v) is 5.39. The standard InChI is InChI=1S/C11H11ClF3N/c12-9-4-3-7(10(16)6-1-2-6)5-8(9)11(13,14)15/h3-6,10H,1-2,16H2. The number of nitrogens with two attached hydrogens (primary N) is 1. The minimum Gasteiger partial charge on any atom is -0.324 e. The maximum absolute atomic E-state index is 12.6. The van der Waals surface area contributed by atoms with E-state index in [9.17, 15) is 13.2 Å². The smallest absolute Gasteiger partial charge is 0.324 e. The Bertz CT molecular complexity index is 399. The number of rotatable bonds is 2. The molecule has 1 fully saturated rings. The first-order valence-electron chi connectivity index (χ1n) is 5.02. The van der Waals surface area contributed by atoms with Gasteiger partial charge in [0.05, 0.1) is 10.6 Å². The molecule has 5 heteroatoms. The molecule has 2 N–H and O–H groups in total. The summed E-state index contributed by atoms with van der Waals surface area (Å²) in [5, 5.41) is -0.278. The van der Waals surface area contributed by atoms with Crippen LogP contribution in [-0.2, 0) is 6.18 Å². The van der Waals surface area contributed by atoms with Gasteiger partial charge in [-0.15, -0.1) is 0 Å². The van der Waals surface area contributed by atoms with Crippen LogP contribution in [0, 0.1) is 5.92 Å². The molecule has 88 valence electrons. The Morgan fingerprint density at radius 3 is 2.44 bits per heavy atom. The van der Waals surface area contributed by atoms with Gasteiger partial charge in [-0.3, -0.25) is 0 Å². The summed E-state index contributed by atoms with van der Waals surface area (Å²) in [6.45, 7) is 0. The fourth-order valence-electron chi connectivity index (χ4n) is 1.69. The zero-order valence-corrected chi connectivity index (χ0v) is 9.15. The predicted molar refractivity (Wildman–Crippen MR) is 56.1 cm³/mol. The second-order valence-electron chi connectivity index (χ2n) is 4.10. The van der Waals surface area contributed by atoms with Crippen molar-refractivity contribution in [3.8, 4) is 0 Å². The number of benzene rings is 1. The largest absolute Gasteiger partial charge is 0.417 e. The lowest BCUT2D eigenvalue weighted by Crippen LogP contribution is -2.14. The van der Waals surface area contributed by atoms with Crippen molar-refractivity contribution in [3.63, 3.8) is 0 Å². The van der Waals surface area contributed by atoms with E-state index in [0.717, 1.165) is 18.9 Å². The first kappa shape index (κ1) is 11.7. The van der Waals surface area contributed by atoms with Gasteiger partial charge in [-0.2, -0.15) is 13.2 Å². The maximum Gasteiger partial charge on any atom is 0.417 e. The van der Waals surface area contributed by atoms with Crippen LogP contribution < -0.4 is 5.73 Å². The summed E-state index contributed by atoms with van der Waals surface area (Å²) in [6, 6.07) is 3.59. The van der Waals surface area contributed by atoms with Crippen LogP contribution in [0.3, 0.4) is 0 Å². The van der Waals surface area contributed by atoms with Crippen molar-refractivity contribution in [1.29, 1.82) is 0 Å². The molecule has 0 heterocycles. The van der Waals surface area contributed by atoms with Gasteiger partial charge in [0.1, 0.15) is 0 Å². The number of hydrogen-bond donors (Lipinski definition) is 1. The Morgan fingerprint density at radius 1 is 1.31 bits per heavy atom. The van der Waals surface area contributed by atoms with Crippen LogP contribution in [0.5, 0.6) is 0 Å². The average Bonchev–Trinajstić information content (AvgIpc) is 2.98. The topological polar surface area (TPSA) is 26.0 Å². The van der Waals surface area contributed by atoms with Crippen LogP contribution in [0.1, 0.15) is 30.0 Å². The molecule has 1 aromatic carbocycles. The summed E-state index contributed by atoms with van der Waals surface area (Å²) in [5.41, 5.74) is 5.56. The minimum atomic E-state index is -4.42. The van der Waals surface area contributed by atoms with Crippen molar-refractivity contribution in [2.24, 2.45) is 11.7 Å². The highest BCUT2D eigenvalue weighted by Crippen LogP contribution is 2.42. The molecule has 1 nitrogen and oxygen atoms in total. The Labute approximate surface area is 96.4 Å². The summed E-state index contributed by atoms with van der Waals surface area (Å²) < 4.78 is 37.8. The molecule has 0 bridgehead atoms. The summed E-state index contributed by atoms with van der Waals surface area (Å²) in [7, 11) is 0. The molecule has 0 spiro atoms. The lowest BCUT2D eigenvalue weighted by molar-refractivity contribution is -0.137. The van der Waals surface area contributed by atoms with Crippen LogP contribution >= 0.6 is 11.6 Å². The highest BCUT2D eigenvalue weighted by molar-refractivity contribution is 6.31. The molecule has 0 aliphatic heterocycles. The van der Waals surface area contributed by atoms with Crippen molar-refractivity contribution in [1.82, 2.24) is 0 Å². The monoisotopic (exact) mass is 249 g/mol. The highest BCUT2D eigenvalue weighted by atomic mass is 35.5. The third-order valence-corrected chi connectivity index (χ3v) is 3.14. The fraction of sp³-hybridized carbons (Fsp3) is 0.455. The van der Waals surface area contributed by atoms with Gasteiger partial charge in [0.15, 0.2) is 0 Å². The van der Waals surface area contributed by atoms with E-state index < -0.39 is 11.7 Å². The summed E-state index contributed by atoms with van der Waals surface area (Å²) >= 11 is 5.52. The summed E-state index contributed by atoms with van der Waals surface area (Å²) in [6.07, 6.45) is -2.44. The van der Waals surface area contributed by atoms with Gasteiger partial charge in [-0.25, -0.2) is 0 Å². The number of hydrogen-bond acceptors (Lipinski definition) is 1. The van der Waals surface area contributed by atoms with Crippen molar-refractivity contribution in [2.75, 3.05) is 0 Å². The van der Waals surface area contributed by atoms with E-state index in [-0.39, 0.29) is 11.1 Å². The van der Waals surface area contributed by atoms with E-state index in [0.29, 0.717) is 11.5 Å². The van der Waals surface area contributed by atoms with Gasteiger partial charge < -0.3 is 5.73 Å². The van der Waals surface area contributed by atoms with Gasteiger partial charge in [-0.1, -0.05) is 17.7 Å². The van der Waals surface area contributed by atoms with Gasteiger partial charge in [0.2, 0.25) is 0 Å². The quantitative estimate of drug-likeness (QED) is 0.848. The normalized spacial score (nSPS) is 18.6. The SMILES string of the molecule is NC(c1ccc(Cl)c(C(F)(F)F)c1)C1CC1. The Kier molecular flexibility index (Phi) is 2.88. The van der Waals surface area contributed by atoms with Crippen molar-refractivity contribution >= 4 is 11.6 Å². The van der Waals surface area contributed by atoms with Crippen LogP contribution in [0.2, 0.25) is 5.02 Å². The Balaban J connectivity index is 2.34. The van der Waals surface area contributed by atoms with E-state index in [1.807, 2.05) is 0 Å². The summed E-state index contributed by atoms with van der Waals surface area (Å²) in [4.78, 5) is 0. The minimum absolute atomic E-state index is 0.278. The summed E-state index contributed by atoms with van der Waals surface area (Å²) in [5.74, 6) is 0.322. The molecule has 1 unspecified atom stereocenters. The molecular weight excluding hydrogens is 239 g/mol. The molecule has 1 aliphatic carbocycles. The molecule has 0 aromatic heterocycles. The van der Waals surface area contributed by atoms with E-state index in [2.05, 4.69) is 0 Å². The van der Waals surface area contributed by atoms with Crippen LogP contribution in [0.4, 0.5) is 13.2 Å². The maximum atomic E-state index is 12.6.